The molecule has 0 bridgehead atoms. The minimum absolute atomic E-state index is 0.150. The first-order valence-corrected chi connectivity index (χ1v) is 10.8. The molecule has 31 heavy (non-hydrogen) atoms. The molecule has 0 aliphatic heterocycles. The molecule has 5 heteroatoms. The molecule has 0 spiro atoms. The number of carbonyl (C=O) groups excluding carboxylic acids is 1. The van der Waals surface area contributed by atoms with Crippen LogP contribution in [0, 0.1) is 17.2 Å². The Hall–Kier alpha value is -3.05. The van der Waals surface area contributed by atoms with Gasteiger partial charge < -0.3 is 5.11 Å². The number of fused-ring (bicyclic) bond motifs is 2. The lowest BCUT2D eigenvalue weighted by atomic mass is 9.57. The Bertz CT molecular complexity index is 1150. The van der Waals surface area contributed by atoms with Crippen molar-refractivity contribution >= 4 is 11.9 Å². The predicted octanol–water partition coefficient (Wildman–Crippen LogP) is 5.00. The van der Waals surface area contributed by atoms with Crippen LogP contribution in [0.4, 0.5) is 4.39 Å². The van der Waals surface area contributed by atoms with E-state index in [0.717, 1.165) is 42.6 Å². The Kier molecular flexibility index (Phi) is 4.86. The summed E-state index contributed by atoms with van der Waals surface area (Å²) in [6, 6.07) is 15.4. The van der Waals surface area contributed by atoms with Crippen LogP contribution in [0.15, 0.2) is 66.4 Å². The monoisotopic (exact) mass is 416 g/mol. The van der Waals surface area contributed by atoms with Gasteiger partial charge in [0.15, 0.2) is 5.78 Å². The average Bonchev–Trinajstić information content (AvgIpc) is 3.19. The summed E-state index contributed by atoms with van der Waals surface area (Å²) in [5.41, 5.74) is 4.40. The van der Waals surface area contributed by atoms with Crippen molar-refractivity contribution < 1.29 is 14.3 Å². The van der Waals surface area contributed by atoms with Gasteiger partial charge in [0.05, 0.1) is 17.6 Å². The fourth-order valence-electron chi connectivity index (χ4n) is 5.33. The van der Waals surface area contributed by atoms with E-state index in [1.54, 1.807) is 24.3 Å². The van der Waals surface area contributed by atoms with E-state index in [0.29, 0.717) is 5.56 Å². The number of aromatic nitrogens is 2. The molecule has 1 saturated carbocycles. The fourth-order valence-corrected chi connectivity index (χ4v) is 5.33. The lowest BCUT2D eigenvalue weighted by Crippen LogP contribution is -2.46. The lowest BCUT2D eigenvalue weighted by molar-refractivity contribution is 0.0230. The molecular weight excluding hydrogens is 391 g/mol. The second kappa shape index (κ2) is 7.57. The third kappa shape index (κ3) is 3.33. The zero-order valence-electron chi connectivity index (χ0n) is 17.5. The van der Waals surface area contributed by atoms with Gasteiger partial charge in [-0.3, -0.25) is 4.79 Å². The zero-order valence-corrected chi connectivity index (χ0v) is 17.5. The largest absolute Gasteiger partial charge is 0.385 e. The van der Waals surface area contributed by atoms with E-state index in [9.17, 15) is 14.3 Å². The smallest absolute Gasteiger partial charge is 0.191 e. The summed E-state index contributed by atoms with van der Waals surface area (Å²) >= 11 is 0. The fraction of sp³-hybridized carbons (Fsp3) is 0.308. The maximum atomic E-state index is 13.4. The first-order chi connectivity index (χ1) is 15.0. The van der Waals surface area contributed by atoms with Gasteiger partial charge in [-0.05, 0) is 67.0 Å². The number of carbonyl (C=O) groups is 1. The van der Waals surface area contributed by atoms with Crippen molar-refractivity contribution in [1.29, 1.82) is 0 Å². The number of ketones is 1. The zero-order chi connectivity index (χ0) is 21.6. The summed E-state index contributed by atoms with van der Waals surface area (Å²) in [5, 5.41) is 15.7. The number of aliphatic hydroxyl groups excluding tert-OH is 1. The van der Waals surface area contributed by atoms with Crippen LogP contribution in [0.1, 0.15) is 47.8 Å². The number of halogens is 1. The molecule has 0 amide bonds. The van der Waals surface area contributed by atoms with Crippen molar-refractivity contribution in [3.05, 3.63) is 89.0 Å². The first-order valence-electron chi connectivity index (χ1n) is 10.8. The van der Waals surface area contributed by atoms with Gasteiger partial charge >= 0.3 is 0 Å². The predicted molar refractivity (Wildman–Crippen MR) is 117 cm³/mol. The SMILES string of the molecule is CC12Cc3cnn(-c4ccc(F)cc4)c3C=C1CCCC2C(O)C(=O)c1ccccc1. The van der Waals surface area contributed by atoms with Crippen LogP contribution in [-0.2, 0) is 6.42 Å². The molecular formula is C26H25FN2O2. The van der Waals surface area contributed by atoms with Crippen LogP contribution < -0.4 is 0 Å². The number of Topliss-reactive ketones (excluding diaryl/α,β-unsaturated/α-hetero) is 1. The van der Waals surface area contributed by atoms with Crippen LogP contribution in [0.5, 0.6) is 0 Å². The molecule has 5 rings (SSSR count). The lowest BCUT2D eigenvalue weighted by Gasteiger charge is -2.47. The standard InChI is InChI=1S/C26H25FN2O2/c1-26-15-18-16-28-29(21-12-10-20(27)11-13-21)23(18)14-19(26)8-5-9-22(26)25(31)24(30)17-6-3-2-4-7-17/h2-4,6-7,10-14,16,22,25,31H,5,8-9,15H2,1H3. The number of aliphatic hydroxyl groups is 1. The molecule has 2 aliphatic carbocycles. The quantitative estimate of drug-likeness (QED) is 0.609. The highest BCUT2D eigenvalue weighted by Crippen LogP contribution is 2.52. The number of hydrogen-bond donors (Lipinski definition) is 1. The number of rotatable bonds is 4. The minimum Gasteiger partial charge on any atom is -0.385 e. The Morgan fingerprint density at radius 2 is 1.94 bits per heavy atom. The number of benzene rings is 2. The van der Waals surface area contributed by atoms with Crippen LogP contribution in [0.3, 0.4) is 0 Å². The summed E-state index contributed by atoms with van der Waals surface area (Å²) in [6.07, 6.45) is 6.40. The molecule has 0 radical (unpaired) electrons. The van der Waals surface area contributed by atoms with Gasteiger partial charge in [0, 0.05) is 11.5 Å². The summed E-state index contributed by atoms with van der Waals surface area (Å²) < 4.78 is 15.2. The Labute approximate surface area is 181 Å². The number of nitrogens with zero attached hydrogens (tertiary/aromatic N) is 2. The molecule has 3 atom stereocenters. The van der Waals surface area contributed by atoms with Crippen LogP contribution in [-0.4, -0.2) is 26.8 Å². The van der Waals surface area contributed by atoms with Gasteiger partial charge in [0.25, 0.3) is 0 Å². The van der Waals surface area contributed by atoms with Crippen molar-refractivity contribution in [2.75, 3.05) is 0 Å². The summed E-state index contributed by atoms with van der Waals surface area (Å²) in [4.78, 5) is 13.0. The highest BCUT2D eigenvalue weighted by atomic mass is 19.1. The molecule has 2 aliphatic rings. The maximum Gasteiger partial charge on any atom is 0.191 e. The number of hydrogen-bond acceptors (Lipinski definition) is 3. The molecule has 158 valence electrons. The first kappa shape index (κ1) is 19.9. The maximum absolute atomic E-state index is 13.4. The van der Waals surface area contributed by atoms with Gasteiger partial charge in [-0.25, -0.2) is 9.07 Å². The van der Waals surface area contributed by atoms with Crippen molar-refractivity contribution in [3.8, 4) is 5.69 Å². The molecule has 1 N–H and O–H groups in total. The molecule has 1 fully saturated rings. The minimum atomic E-state index is -1.04. The van der Waals surface area contributed by atoms with Gasteiger partial charge in [-0.15, -0.1) is 0 Å². The summed E-state index contributed by atoms with van der Waals surface area (Å²) in [7, 11) is 0. The van der Waals surface area contributed by atoms with Crippen molar-refractivity contribution in [3.63, 3.8) is 0 Å². The van der Waals surface area contributed by atoms with E-state index >= 15 is 0 Å². The average molecular weight is 416 g/mol. The van der Waals surface area contributed by atoms with Crippen molar-refractivity contribution in [2.24, 2.45) is 11.3 Å². The molecule has 4 nitrogen and oxygen atoms in total. The summed E-state index contributed by atoms with van der Waals surface area (Å²) in [6.45, 7) is 2.17. The Morgan fingerprint density at radius 3 is 2.68 bits per heavy atom. The van der Waals surface area contributed by atoms with Crippen LogP contribution >= 0.6 is 0 Å². The van der Waals surface area contributed by atoms with E-state index < -0.39 is 6.10 Å². The van der Waals surface area contributed by atoms with Crippen molar-refractivity contribution in [2.45, 2.75) is 38.7 Å². The van der Waals surface area contributed by atoms with Gasteiger partial charge in [-0.2, -0.15) is 5.10 Å². The molecule has 3 unspecified atom stereocenters. The van der Waals surface area contributed by atoms with Crippen LogP contribution in [0.2, 0.25) is 0 Å². The van der Waals surface area contributed by atoms with Crippen LogP contribution in [0.25, 0.3) is 11.8 Å². The van der Waals surface area contributed by atoms with Gasteiger partial charge in [0.1, 0.15) is 11.9 Å². The van der Waals surface area contributed by atoms with Gasteiger partial charge in [0.2, 0.25) is 0 Å². The van der Waals surface area contributed by atoms with E-state index in [-0.39, 0.29) is 22.9 Å². The summed E-state index contributed by atoms with van der Waals surface area (Å²) in [5.74, 6) is -0.633. The Balaban J connectivity index is 1.49. The molecule has 1 aromatic heterocycles. The van der Waals surface area contributed by atoms with E-state index in [1.165, 1.54) is 17.7 Å². The highest BCUT2D eigenvalue weighted by molar-refractivity contribution is 5.99. The van der Waals surface area contributed by atoms with E-state index in [4.69, 9.17) is 0 Å². The normalized spacial score (nSPS) is 23.5. The molecule has 3 aromatic rings. The second-order valence-corrected chi connectivity index (χ2v) is 8.88. The van der Waals surface area contributed by atoms with Gasteiger partial charge in [-0.1, -0.05) is 42.8 Å². The van der Waals surface area contributed by atoms with Crippen molar-refractivity contribution in [1.82, 2.24) is 9.78 Å². The Morgan fingerprint density at radius 1 is 1.19 bits per heavy atom. The third-order valence-corrected chi connectivity index (χ3v) is 7.05. The molecule has 0 saturated heterocycles. The molecule has 1 heterocycles. The second-order valence-electron chi connectivity index (χ2n) is 8.88. The van der Waals surface area contributed by atoms with E-state index in [2.05, 4.69) is 18.1 Å². The topological polar surface area (TPSA) is 55.1 Å². The molecule has 2 aromatic carbocycles. The highest BCUT2D eigenvalue weighted by Gasteiger charge is 2.47. The van der Waals surface area contributed by atoms with E-state index in [1.807, 2.05) is 29.1 Å². The number of allylic oxidation sites excluding steroid dienone is 1. The third-order valence-electron chi connectivity index (χ3n) is 7.05.